The van der Waals surface area contributed by atoms with Gasteiger partial charge in [-0.3, -0.25) is 0 Å². The van der Waals surface area contributed by atoms with Gasteiger partial charge in [0.05, 0.1) is 0 Å². The number of hydrogen-bond acceptors (Lipinski definition) is 2. The van der Waals surface area contributed by atoms with E-state index in [9.17, 15) is 5.11 Å². The first-order valence-electron chi connectivity index (χ1n) is 8.77. The molecule has 136 valence electrons. The van der Waals surface area contributed by atoms with Gasteiger partial charge in [0.2, 0.25) is 0 Å². The monoisotopic (exact) mass is 379 g/mol. The van der Waals surface area contributed by atoms with E-state index in [1.54, 1.807) is 0 Å². The van der Waals surface area contributed by atoms with Gasteiger partial charge in [0.15, 0.2) is 0 Å². The van der Waals surface area contributed by atoms with Crippen LogP contribution in [0.4, 0.5) is 0 Å². The Morgan fingerprint density at radius 2 is 1.72 bits per heavy atom. The molecule has 0 aliphatic carbocycles. The first kappa shape index (κ1) is 20.3. The molecule has 0 aliphatic heterocycles. The summed E-state index contributed by atoms with van der Waals surface area (Å²) in [7, 11) is 0. The van der Waals surface area contributed by atoms with E-state index in [1.807, 2.05) is 30.3 Å². The molecule has 0 saturated carbocycles. The Morgan fingerprint density at radius 1 is 1.04 bits per heavy atom. The molecule has 0 bridgehead atoms. The Morgan fingerprint density at radius 3 is 2.28 bits per heavy atom. The van der Waals surface area contributed by atoms with Crippen molar-refractivity contribution in [1.29, 1.82) is 0 Å². The van der Waals surface area contributed by atoms with Crippen LogP contribution in [0.1, 0.15) is 50.7 Å². The number of halogens is 2. The first-order valence-corrected chi connectivity index (χ1v) is 9.52. The SMILES string of the molecule is CC(C)NC(C)(c1ccc(Cl)cc1)C(CCCO)c1cccc(Cl)c1. The van der Waals surface area contributed by atoms with E-state index < -0.39 is 0 Å². The molecule has 2 N–H and O–H groups in total. The van der Waals surface area contributed by atoms with Crippen LogP contribution in [-0.2, 0) is 5.54 Å². The minimum absolute atomic E-state index is 0.168. The molecule has 0 aromatic heterocycles. The second kappa shape index (κ2) is 9.05. The zero-order valence-electron chi connectivity index (χ0n) is 15.1. The van der Waals surface area contributed by atoms with Crippen LogP contribution in [0, 0.1) is 0 Å². The average Bonchev–Trinajstić information content (AvgIpc) is 2.55. The molecule has 2 rings (SSSR count). The molecule has 2 aromatic rings. The van der Waals surface area contributed by atoms with Gasteiger partial charge in [-0.15, -0.1) is 0 Å². The van der Waals surface area contributed by atoms with Crippen LogP contribution >= 0.6 is 23.2 Å². The van der Waals surface area contributed by atoms with Crippen molar-refractivity contribution < 1.29 is 5.11 Å². The molecule has 0 aliphatic rings. The summed E-state index contributed by atoms with van der Waals surface area (Å²) in [5.74, 6) is 0.168. The van der Waals surface area contributed by atoms with Crippen LogP contribution in [-0.4, -0.2) is 17.8 Å². The van der Waals surface area contributed by atoms with Crippen molar-refractivity contribution >= 4 is 23.2 Å². The lowest BCUT2D eigenvalue weighted by atomic mass is 9.73. The Hall–Kier alpha value is -1.06. The van der Waals surface area contributed by atoms with Gasteiger partial charge in [-0.25, -0.2) is 0 Å². The highest BCUT2D eigenvalue weighted by Gasteiger charge is 2.37. The van der Waals surface area contributed by atoms with Crippen molar-refractivity contribution in [1.82, 2.24) is 5.32 Å². The van der Waals surface area contributed by atoms with Gasteiger partial charge in [0, 0.05) is 34.2 Å². The molecule has 4 heteroatoms. The average molecular weight is 380 g/mol. The van der Waals surface area contributed by atoms with Crippen LogP contribution in [0.5, 0.6) is 0 Å². The summed E-state index contributed by atoms with van der Waals surface area (Å²) in [6.07, 6.45) is 1.59. The lowest BCUT2D eigenvalue weighted by Crippen LogP contribution is -2.48. The molecule has 25 heavy (non-hydrogen) atoms. The zero-order chi connectivity index (χ0) is 18.4. The largest absolute Gasteiger partial charge is 0.396 e. The lowest BCUT2D eigenvalue weighted by Gasteiger charge is -2.41. The van der Waals surface area contributed by atoms with Crippen molar-refractivity contribution in [2.24, 2.45) is 0 Å². The first-order chi connectivity index (χ1) is 11.9. The van der Waals surface area contributed by atoms with Crippen LogP contribution in [0.15, 0.2) is 48.5 Å². The minimum atomic E-state index is -0.307. The van der Waals surface area contributed by atoms with Gasteiger partial charge >= 0.3 is 0 Å². The lowest BCUT2D eigenvalue weighted by molar-refractivity contribution is 0.231. The summed E-state index contributed by atoms with van der Waals surface area (Å²) in [6, 6.07) is 16.3. The molecular formula is C21H27Cl2NO. The summed E-state index contributed by atoms with van der Waals surface area (Å²) < 4.78 is 0. The van der Waals surface area contributed by atoms with E-state index in [0.29, 0.717) is 6.04 Å². The third kappa shape index (κ3) is 5.21. The van der Waals surface area contributed by atoms with Gasteiger partial charge in [0.1, 0.15) is 0 Å². The minimum Gasteiger partial charge on any atom is -0.396 e. The van der Waals surface area contributed by atoms with Crippen molar-refractivity contribution in [3.8, 4) is 0 Å². The molecular weight excluding hydrogens is 353 g/mol. The number of hydrogen-bond donors (Lipinski definition) is 2. The summed E-state index contributed by atoms with van der Waals surface area (Å²) in [5.41, 5.74) is 2.04. The maximum atomic E-state index is 9.41. The number of aliphatic hydroxyl groups is 1. The maximum absolute atomic E-state index is 9.41. The zero-order valence-corrected chi connectivity index (χ0v) is 16.6. The number of nitrogens with one attached hydrogen (secondary N) is 1. The third-order valence-electron chi connectivity index (χ3n) is 4.63. The van der Waals surface area contributed by atoms with Crippen molar-refractivity contribution in [3.05, 3.63) is 69.7 Å². The summed E-state index contributed by atoms with van der Waals surface area (Å²) in [4.78, 5) is 0. The highest BCUT2D eigenvalue weighted by molar-refractivity contribution is 6.30. The maximum Gasteiger partial charge on any atom is 0.0477 e. The van der Waals surface area contributed by atoms with E-state index >= 15 is 0 Å². The number of rotatable bonds is 8. The predicted molar refractivity (Wildman–Crippen MR) is 108 cm³/mol. The molecule has 0 saturated heterocycles. The van der Waals surface area contributed by atoms with Crippen molar-refractivity contribution in [2.45, 2.75) is 51.1 Å². The summed E-state index contributed by atoms with van der Waals surface area (Å²) in [5, 5.41) is 14.6. The van der Waals surface area contributed by atoms with Crippen molar-refractivity contribution in [3.63, 3.8) is 0 Å². The third-order valence-corrected chi connectivity index (χ3v) is 5.12. The molecule has 2 atom stereocenters. The quantitative estimate of drug-likeness (QED) is 0.610. The molecule has 0 heterocycles. The van der Waals surface area contributed by atoms with Gasteiger partial charge in [-0.2, -0.15) is 0 Å². The molecule has 2 aromatic carbocycles. The second-order valence-electron chi connectivity index (χ2n) is 6.98. The molecule has 0 radical (unpaired) electrons. The number of aliphatic hydroxyl groups excluding tert-OH is 1. The Bertz CT molecular complexity index is 672. The molecule has 0 fully saturated rings. The van der Waals surface area contributed by atoms with E-state index in [4.69, 9.17) is 23.2 Å². The highest BCUT2D eigenvalue weighted by atomic mass is 35.5. The highest BCUT2D eigenvalue weighted by Crippen LogP contribution is 2.41. The fourth-order valence-electron chi connectivity index (χ4n) is 3.59. The smallest absolute Gasteiger partial charge is 0.0477 e. The normalized spacial score (nSPS) is 15.2. The van der Waals surface area contributed by atoms with Crippen molar-refractivity contribution in [2.75, 3.05) is 6.61 Å². The Kier molecular flexibility index (Phi) is 7.33. The molecule has 2 unspecified atom stereocenters. The van der Waals surface area contributed by atoms with Crippen LogP contribution in [0.3, 0.4) is 0 Å². The van der Waals surface area contributed by atoms with Gasteiger partial charge in [0.25, 0.3) is 0 Å². The van der Waals surface area contributed by atoms with Gasteiger partial charge in [-0.1, -0.05) is 61.3 Å². The molecule has 2 nitrogen and oxygen atoms in total. The fraction of sp³-hybridized carbons (Fsp3) is 0.429. The molecule has 0 spiro atoms. The Balaban J connectivity index is 2.53. The fourth-order valence-corrected chi connectivity index (χ4v) is 3.91. The van der Waals surface area contributed by atoms with Crippen LogP contribution < -0.4 is 5.32 Å². The van der Waals surface area contributed by atoms with Crippen LogP contribution in [0.2, 0.25) is 10.0 Å². The topological polar surface area (TPSA) is 32.3 Å². The predicted octanol–water partition coefficient (Wildman–Crippen LogP) is 5.76. The van der Waals surface area contributed by atoms with E-state index in [-0.39, 0.29) is 18.1 Å². The van der Waals surface area contributed by atoms with Gasteiger partial charge in [-0.05, 0) is 55.2 Å². The number of benzene rings is 2. The Labute approximate surface area is 161 Å². The van der Waals surface area contributed by atoms with Crippen LogP contribution in [0.25, 0.3) is 0 Å². The standard InChI is InChI=1S/C21H27Cl2NO/c1-15(2)24-21(3,17-9-11-18(22)12-10-17)20(8-5-13-25)16-6-4-7-19(23)14-16/h4,6-7,9-12,14-15,20,24-25H,5,8,13H2,1-3H3. The van der Waals surface area contributed by atoms with E-state index in [0.717, 1.165) is 22.9 Å². The van der Waals surface area contributed by atoms with E-state index in [1.165, 1.54) is 11.1 Å². The summed E-state index contributed by atoms with van der Waals surface area (Å²) in [6.45, 7) is 6.69. The van der Waals surface area contributed by atoms with E-state index in [2.05, 4.69) is 44.3 Å². The molecule has 0 amide bonds. The van der Waals surface area contributed by atoms with Gasteiger partial charge < -0.3 is 10.4 Å². The second-order valence-corrected chi connectivity index (χ2v) is 7.85. The summed E-state index contributed by atoms with van der Waals surface area (Å²) >= 11 is 12.4.